The molecule has 0 N–H and O–H groups in total. The second-order valence-electron chi connectivity index (χ2n) is 8.50. The van der Waals surface area contributed by atoms with Gasteiger partial charge in [0.15, 0.2) is 6.10 Å². The number of nitrogens with zero attached hydrogens (tertiary/aromatic N) is 1. The fraction of sp³-hybridized carbons (Fsp3) is 0.360. The van der Waals surface area contributed by atoms with Crippen LogP contribution < -0.4 is 0 Å². The molecule has 0 spiro atoms. The third-order valence-electron chi connectivity index (χ3n) is 6.02. The molecule has 160 valence electrons. The van der Waals surface area contributed by atoms with Crippen LogP contribution in [0.2, 0.25) is 0 Å². The molecule has 0 radical (unpaired) electrons. The van der Waals surface area contributed by atoms with E-state index in [4.69, 9.17) is 4.74 Å². The molecule has 1 aliphatic carbocycles. The topological polar surface area (TPSA) is 80.8 Å². The van der Waals surface area contributed by atoms with Gasteiger partial charge in [0.1, 0.15) is 6.04 Å². The Labute approximate surface area is 181 Å². The maximum atomic E-state index is 13.0. The highest BCUT2D eigenvalue weighted by atomic mass is 16.5. The number of hydrogen-bond donors (Lipinski definition) is 0. The Hall–Kier alpha value is -3.28. The Kier molecular flexibility index (Phi) is 5.48. The minimum Gasteiger partial charge on any atom is -0.453 e. The van der Waals surface area contributed by atoms with Crippen LogP contribution in [0.15, 0.2) is 42.5 Å². The highest BCUT2D eigenvalue weighted by Crippen LogP contribution is 2.28. The molecule has 6 nitrogen and oxygen atoms in total. The number of Topliss-reactive ketones (excluding diaryl/α,β-unsaturated/α-hetero) is 1. The summed E-state index contributed by atoms with van der Waals surface area (Å²) in [6, 6.07) is 11.0. The molecule has 2 atom stereocenters. The van der Waals surface area contributed by atoms with Crippen LogP contribution in [0.3, 0.4) is 0 Å². The first-order valence-electron chi connectivity index (χ1n) is 10.6. The van der Waals surface area contributed by atoms with E-state index in [1.165, 1.54) is 12.5 Å². The number of esters is 1. The predicted octanol–water partition coefficient (Wildman–Crippen LogP) is 3.61. The molecule has 2 aromatic rings. The second-order valence-corrected chi connectivity index (χ2v) is 8.50. The maximum absolute atomic E-state index is 13.0. The van der Waals surface area contributed by atoms with Crippen molar-refractivity contribution in [2.45, 2.75) is 52.2 Å². The standard InChI is InChI=1S/C25H25NO5/c1-14(2)21(26-23(28)19-9-4-5-10-20(19)24(26)29)25(30)31-15(3)22(27)18-12-11-16-7-6-8-17(16)13-18/h4-5,9-15,21H,6-8H2,1-3H3/t15-,21-/m1/s1. The summed E-state index contributed by atoms with van der Waals surface area (Å²) in [7, 11) is 0. The minimum absolute atomic E-state index is 0.271. The van der Waals surface area contributed by atoms with E-state index in [9.17, 15) is 19.2 Å². The van der Waals surface area contributed by atoms with Gasteiger partial charge in [0.25, 0.3) is 11.8 Å². The van der Waals surface area contributed by atoms with E-state index >= 15 is 0 Å². The first kappa shape index (κ1) is 21.0. The number of carbonyl (C=O) groups excluding carboxylic acids is 4. The molecule has 1 aliphatic heterocycles. The van der Waals surface area contributed by atoms with Crippen LogP contribution in [0.4, 0.5) is 0 Å². The molecule has 6 heteroatoms. The molecule has 0 unspecified atom stereocenters. The molecule has 0 saturated heterocycles. The number of aryl methyl sites for hydroxylation is 2. The largest absolute Gasteiger partial charge is 0.453 e. The number of imide groups is 1. The van der Waals surface area contributed by atoms with Crippen molar-refractivity contribution in [2.75, 3.05) is 0 Å². The van der Waals surface area contributed by atoms with E-state index in [2.05, 4.69) is 0 Å². The van der Waals surface area contributed by atoms with E-state index in [1.54, 1.807) is 44.2 Å². The van der Waals surface area contributed by atoms with Crippen molar-refractivity contribution in [2.24, 2.45) is 5.92 Å². The summed E-state index contributed by atoms with van der Waals surface area (Å²) >= 11 is 0. The highest BCUT2D eigenvalue weighted by Gasteiger charge is 2.45. The van der Waals surface area contributed by atoms with Gasteiger partial charge in [-0.1, -0.05) is 38.1 Å². The molecule has 0 aromatic heterocycles. The smallest absolute Gasteiger partial charge is 0.330 e. The molecule has 31 heavy (non-hydrogen) atoms. The predicted molar refractivity (Wildman–Crippen MR) is 114 cm³/mol. The Morgan fingerprint density at radius 1 is 0.903 bits per heavy atom. The molecule has 4 rings (SSSR count). The van der Waals surface area contributed by atoms with Gasteiger partial charge in [-0.05, 0) is 61.4 Å². The van der Waals surface area contributed by atoms with Gasteiger partial charge in [0, 0.05) is 5.56 Å². The van der Waals surface area contributed by atoms with Gasteiger partial charge in [0.05, 0.1) is 11.1 Å². The summed E-state index contributed by atoms with van der Waals surface area (Å²) in [5.41, 5.74) is 3.46. The lowest BCUT2D eigenvalue weighted by Gasteiger charge is -2.28. The van der Waals surface area contributed by atoms with Crippen molar-refractivity contribution in [3.63, 3.8) is 0 Å². The first-order valence-corrected chi connectivity index (χ1v) is 10.6. The van der Waals surface area contributed by atoms with E-state index in [0.717, 1.165) is 29.7 Å². The molecule has 1 heterocycles. The van der Waals surface area contributed by atoms with Crippen molar-refractivity contribution >= 4 is 23.6 Å². The third kappa shape index (κ3) is 3.67. The summed E-state index contributed by atoms with van der Waals surface area (Å²) in [4.78, 5) is 52.5. The lowest BCUT2D eigenvalue weighted by molar-refractivity contribution is -0.152. The van der Waals surface area contributed by atoms with Crippen molar-refractivity contribution in [1.29, 1.82) is 0 Å². The maximum Gasteiger partial charge on any atom is 0.330 e. The first-order chi connectivity index (χ1) is 14.8. The number of ether oxygens (including phenoxy) is 1. The number of hydrogen-bond acceptors (Lipinski definition) is 5. The lowest BCUT2D eigenvalue weighted by Crippen LogP contribution is -2.49. The number of carbonyl (C=O) groups is 4. The number of rotatable bonds is 6. The van der Waals surface area contributed by atoms with Crippen molar-refractivity contribution in [1.82, 2.24) is 4.90 Å². The quantitative estimate of drug-likeness (QED) is 0.406. The van der Waals surface area contributed by atoms with Crippen LogP contribution in [0.25, 0.3) is 0 Å². The van der Waals surface area contributed by atoms with Crippen LogP contribution >= 0.6 is 0 Å². The normalized spacial score (nSPS) is 16.8. The van der Waals surface area contributed by atoms with Crippen LogP contribution in [0.5, 0.6) is 0 Å². The van der Waals surface area contributed by atoms with E-state index < -0.39 is 29.9 Å². The van der Waals surface area contributed by atoms with Gasteiger partial charge in [-0.2, -0.15) is 0 Å². The Bertz CT molecular complexity index is 1050. The number of amides is 2. The molecule has 0 bridgehead atoms. The minimum atomic E-state index is -1.11. The molecular weight excluding hydrogens is 394 g/mol. The van der Waals surface area contributed by atoms with E-state index in [1.807, 2.05) is 12.1 Å². The monoisotopic (exact) mass is 419 g/mol. The van der Waals surface area contributed by atoms with Crippen molar-refractivity contribution in [3.8, 4) is 0 Å². The van der Waals surface area contributed by atoms with Crippen LogP contribution in [-0.4, -0.2) is 40.6 Å². The Morgan fingerprint density at radius 2 is 1.52 bits per heavy atom. The van der Waals surface area contributed by atoms with E-state index in [0.29, 0.717) is 5.56 Å². The number of fused-ring (bicyclic) bond motifs is 2. The molecule has 0 fully saturated rings. The fourth-order valence-corrected chi connectivity index (χ4v) is 4.39. The van der Waals surface area contributed by atoms with Gasteiger partial charge in [-0.25, -0.2) is 4.79 Å². The average Bonchev–Trinajstić information content (AvgIpc) is 3.31. The van der Waals surface area contributed by atoms with Crippen LogP contribution in [0, 0.1) is 5.92 Å². The summed E-state index contributed by atoms with van der Waals surface area (Å²) in [6.45, 7) is 5.00. The fourth-order valence-electron chi connectivity index (χ4n) is 4.39. The zero-order valence-electron chi connectivity index (χ0n) is 17.9. The molecule has 0 saturated carbocycles. The Morgan fingerprint density at radius 3 is 2.13 bits per heavy atom. The zero-order chi connectivity index (χ0) is 22.3. The third-order valence-corrected chi connectivity index (χ3v) is 6.02. The van der Waals surface area contributed by atoms with Crippen LogP contribution in [-0.2, 0) is 22.4 Å². The average molecular weight is 419 g/mol. The van der Waals surface area contributed by atoms with Crippen molar-refractivity contribution < 1.29 is 23.9 Å². The summed E-state index contributed by atoms with van der Waals surface area (Å²) in [6.07, 6.45) is 2.02. The summed E-state index contributed by atoms with van der Waals surface area (Å²) in [5.74, 6) is -2.47. The molecular formula is C25H25NO5. The Balaban J connectivity index is 1.52. The van der Waals surface area contributed by atoms with Gasteiger partial charge in [-0.3, -0.25) is 19.3 Å². The number of ketones is 1. The van der Waals surface area contributed by atoms with Gasteiger partial charge in [-0.15, -0.1) is 0 Å². The van der Waals surface area contributed by atoms with Crippen molar-refractivity contribution in [3.05, 3.63) is 70.3 Å². The van der Waals surface area contributed by atoms with Gasteiger partial charge >= 0.3 is 5.97 Å². The van der Waals surface area contributed by atoms with Gasteiger partial charge in [0.2, 0.25) is 5.78 Å². The highest BCUT2D eigenvalue weighted by molar-refractivity contribution is 6.22. The second kappa shape index (κ2) is 8.10. The van der Waals surface area contributed by atoms with E-state index in [-0.39, 0.29) is 22.8 Å². The number of benzene rings is 2. The van der Waals surface area contributed by atoms with Gasteiger partial charge < -0.3 is 4.74 Å². The summed E-state index contributed by atoms with van der Waals surface area (Å²) < 4.78 is 5.48. The molecule has 2 aromatic carbocycles. The zero-order valence-corrected chi connectivity index (χ0v) is 17.9. The SMILES string of the molecule is CC(C)[C@H](C(=O)O[C@H](C)C(=O)c1ccc2c(c1)CCC2)N1C(=O)c2ccccc2C1=O. The molecule has 2 amide bonds. The molecule has 2 aliphatic rings. The van der Waals surface area contributed by atoms with Crippen LogP contribution in [0.1, 0.15) is 69.4 Å². The summed E-state index contributed by atoms with van der Waals surface area (Å²) in [5, 5.41) is 0. The lowest BCUT2D eigenvalue weighted by atomic mass is 10.0.